The number of anilines is 2. The molecule has 3 aromatic heterocycles. The van der Waals surface area contributed by atoms with Gasteiger partial charge in [-0.1, -0.05) is 32.4 Å². The number of nitrogens with one attached hydrogen (secondary N) is 2. The van der Waals surface area contributed by atoms with Crippen LogP contribution >= 0.6 is 11.6 Å². The van der Waals surface area contributed by atoms with Gasteiger partial charge in [-0.2, -0.15) is 0 Å². The van der Waals surface area contributed by atoms with Crippen molar-refractivity contribution in [3.05, 3.63) is 65.7 Å². The first kappa shape index (κ1) is 28.6. The first-order valence-corrected chi connectivity index (χ1v) is 14.5. The van der Waals surface area contributed by atoms with E-state index >= 15 is 0 Å². The molecule has 1 fully saturated rings. The fourth-order valence-electron chi connectivity index (χ4n) is 4.49. The Morgan fingerprint density at radius 1 is 1.10 bits per heavy atom. The average molecular weight is 602 g/mol. The number of benzene rings is 1. The second kappa shape index (κ2) is 10.8. The topological polar surface area (TPSA) is 130 Å². The van der Waals surface area contributed by atoms with Crippen molar-refractivity contribution in [3.63, 3.8) is 0 Å². The number of nitrogens with zero attached hydrogens (tertiary/aromatic N) is 5. The number of likely N-dealkylation sites (tertiary alicyclic amines) is 1. The van der Waals surface area contributed by atoms with Gasteiger partial charge in [0.05, 0.1) is 16.9 Å². The van der Waals surface area contributed by atoms with Crippen molar-refractivity contribution in [1.82, 2.24) is 24.8 Å². The summed E-state index contributed by atoms with van der Waals surface area (Å²) in [6, 6.07) is 6.93. The lowest BCUT2D eigenvalue weighted by atomic mass is 9.95. The Balaban J connectivity index is 1.42. The van der Waals surface area contributed by atoms with Crippen LogP contribution in [0, 0.1) is 17.0 Å². The molecule has 5 rings (SSSR count). The first-order chi connectivity index (χ1) is 19.3. The number of fused-ring (bicyclic) bond motifs is 1. The van der Waals surface area contributed by atoms with Gasteiger partial charge in [0.15, 0.2) is 11.0 Å². The number of sulfonamides is 1. The number of halogens is 3. The van der Waals surface area contributed by atoms with Crippen LogP contribution in [0.3, 0.4) is 0 Å². The summed E-state index contributed by atoms with van der Waals surface area (Å²) in [7, 11) is -4.45. The van der Waals surface area contributed by atoms with Crippen molar-refractivity contribution < 1.29 is 22.0 Å². The Labute approximate surface area is 240 Å². The van der Waals surface area contributed by atoms with Gasteiger partial charge >= 0.3 is 0 Å². The zero-order valence-corrected chi connectivity index (χ0v) is 23.9. The largest absolute Gasteiger partial charge is 0.364 e. The van der Waals surface area contributed by atoms with Gasteiger partial charge in [0.1, 0.15) is 28.4 Å². The summed E-state index contributed by atoms with van der Waals surface area (Å²) in [4.78, 5) is 31.2. The third kappa shape index (κ3) is 6.05. The van der Waals surface area contributed by atoms with Gasteiger partial charge in [0.2, 0.25) is 5.91 Å². The van der Waals surface area contributed by atoms with E-state index in [9.17, 15) is 22.0 Å². The molecule has 14 heteroatoms. The molecule has 1 amide bonds. The second-order valence-electron chi connectivity index (χ2n) is 10.7. The molecule has 1 atom stereocenters. The summed E-state index contributed by atoms with van der Waals surface area (Å²) in [6.45, 7) is 6.83. The van der Waals surface area contributed by atoms with E-state index in [-0.39, 0.29) is 22.8 Å². The molecule has 1 aliphatic heterocycles. The van der Waals surface area contributed by atoms with Gasteiger partial charge in [0, 0.05) is 42.4 Å². The first-order valence-electron chi connectivity index (χ1n) is 12.6. The van der Waals surface area contributed by atoms with E-state index < -0.39 is 32.0 Å². The number of hydrogen-bond donors (Lipinski definition) is 2. The minimum Gasteiger partial charge on any atom is -0.364 e. The molecule has 0 radical (unpaired) electrons. The number of rotatable bonds is 6. The maximum absolute atomic E-state index is 14.2. The summed E-state index contributed by atoms with van der Waals surface area (Å²) in [5, 5.41) is 3.20. The highest BCUT2D eigenvalue weighted by Crippen LogP contribution is 2.31. The molecule has 2 N–H and O–H groups in total. The Bertz CT molecular complexity index is 1770. The Hall–Kier alpha value is -3.97. The van der Waals surface area contributed by atoms with Crippen LogP contribution in [0.4, 0.5) is 20.3 Å². The molecule has 10 nitrogen and oxygen atoms in total. The molecule has 0 saturated carbocycles. The number of hydrogen-bond acceptors (Lipinski definition) is 8. The smallest absolute Gasteiger partial charge is 0.264 e. The standard InChI is InChI=1S/C27H26ClF2N7O3S/c1-27(2,3)26(38)37-9-8-17(13-37)34-25-23-20(32-14-33-25)6-5-19(35-23)15-10-21(24(28)31-12-15)36-41(39,40)22-7-4-16(29)11-18(22)30/h4-7,10-12,14,17,36H,8-9,13H2,1-3H3,(H,32,33,34). The second-order valence-corrected chi connectivity index (χ2v) is 12.7. The molecule has 41 heavy (non-hydrogen) atoms. The van der Waals surface area contributed by atoms with E-state index in [4.69, 9.17) is 16.6 Å². The summed E-state index contributed by atoms with van der Waals surface area (Å²) in [6.07, 6.45) is 3.58. The SMILES string of the molecule is CC(C)(C)C(=O)N1CCC(Nc2ncnc3ccc(-c4cnc(Cl)c(NS(=O)(=O)c5ccc(F)cc5F)c4)nc23)C1. The van der Waals surface area contributed by atoms with Gasteiger partial charge in [-0.25, -0.2) is 37.1 Å². The predicted molar refractivity (Wildman–Crippen MR) is 151 cm³/mol. The van der Waals surface area contributed by atoms with E-state index in [0.29, 0.717) is 47.3 Å². The maximum Gasteiger partial charge on any atom is 0.264 e. The number of pyridine rings is 2. The minimum atomic E-state index is -4.45. The fourth-order valence-corrected chi connectivity index (χ4v) is 5.81. The van der Waals surface area contributed by atoms with E-state index in [1.54, 1.807) is 12.1 Å². The summed E-state index contributed by atoms with van der Waals surface area (Å²) < 4.78 is 55.3. The van der Waals surface area contributed by atoms with E-state index in [1.807, 2.05) is 25.7 Å². The average Bonchev–Trinajstić information content (AvgIpc) is 3.37. The van der Waals surface area contributed by atoms with Crippen LogP contribution in [0.1, 0.15) is 27.2 Å². The Morgan fingerprint density at radius 3 is 2.61 bits per heavy atom. The highest BCUT2D eigenvalue weighted by atomic mass is 35.5. The normalized spacial score (nSPS) is 15.8. The molecule has 1 aromatic carbocycles. The Morgan fingerprint density at radius 2 is 1.88 bits per heavy atom. The predicted octanol–water partition coefficient (Wildman–Crippen LogP) is 4.88. The van der Waals surface area contributed by atoms with Gasteiger partial charge in [-0.05, 0) is 36.8 Å². The van der Waals surface area contributed by atoms with E-state index in [1.165, 1.54) is 18.6 Å². The van der Waals surface area contributed by atoms with Crippen LogP contribution in [0.2, 0.25) is 5.15 Å². The van der Waals surface area contributed by atoms with Gasteiger partial charge in [-0.15, -0.1) is 0 Å². The summed E-state index contributed by atoms with van der Waals surface area (Å²) >= 11 is 6.15. The molecule has 1 unspecified atom stereocenters. The third-order valence-corrected chi connectivity index (χ3v) is 8.20. The zero-order valence-electron chi connectivity index (χ0n) is 22.3. The highest BCUT2D eigenvalue weighted by molar-refractivity contribution is 7.92. The van der Waals surface area contributed by atoms with Gasteiger partial charge < -0.3 is 10.2 Å². The van der Waals surface area contributed by atoms with Crippen molar-refractivity contribution >= 4 is 50.1 Å². The van der Waals surface area contributed by atoms with Crippen LogP contribution in [0.15, 0.2) is 53.8 Å². The molecule has 4 heterocycles. The van der Waals surface area contributed by atoms with Crippen molar-refractivity contribution in [2.75, 3.05) is 23.1 Å². The van der Waals surface area contributed by atoms with Crippen LogP contribution in [-0.2, 0) is 14.8 Å². The molecule has 1 saturated heterocycles. The Kier molecular flexibility index (Phi) is 7.51. The van der Waals surface area contributed by atoms with Crippen LogP contribution in [0.25, 0.3) is 22.3 Å². The molecule has 0 bridgehead atoms. The maximum atomic E-state index is 14.2. The number of aromatic nitrogens is 4. The number of carbonyl (C=O) groups excluding carboxylic acids is 1. The minimum absolute atomic E-state index is 0.0325. The van der Waals surface area contributed by atoms with Crippen molar-refractivity contribution in [2.45, 2.75) is 38.1 Å². The fraction of sp³-hybridized carbons (Fsp3) is 0.296. The monoisotopic (exact) mass is 601 g/mol. The summed E-state index contributed by atoms with van der Waals surface area (Å²) in [5.74, 6) is -1.59. The van der Waals surface area contributed by atoms with Crippen LogP contribution < -0.4 is 10.0 Å². The van der Waals surface area contributed by atoms with Crippen LogP contribution in [-0.4, -0.2) is 58.3 Å². The lowest BCUT2D eigenvalue weighted by Crippen LogP contribution is -2.39. The lowest BCUT2D eigenvalue weighted by molar-refractivity contribution is -0.138. The quantitative estimate of drug-likeness (QED) is 0.299. The van der Waals surface area contributed by atoms with Crippen molar-refractivity contribution in [3.8, 4) is 11.3 Å². The molecule has 4 aromatic rings. The van der Waals surface area contributed by atoms with Gasteiger partial charge in [0.25, 0.3) is 10.0 Å². The van der Waals surface area contributed by atoms with Gasteiger partial charge in [-0.3, -0.25) is 9.52 Å². The zero-order chi connectivity index (χ0) is 29.5. The van der Waals surface area contributed by atoms with Crippen LogP contribution in [0.5, 0.6) is 0 Å². The van der Waals surface area contributed by atoms with E-state index in [2.05, 4.69) is 25.0 Å². The lowest BCUT2D eigenvalue weighted by Gasteiger charge is -2.25. The van der Waals surface area contributed by atoms with E-state index in [0.717, 1.165) is 18.6 Å². The molecule has 1 aliphatic rings. The van der Waals surface area contributed by atoms with Crippen molar-refractivity contribution in [2.24, 2.45) is 5.41 Å². The molecule has 214 valence electrons. The molecular weight excluding hydrogens is 576 g/mol. The number of amides is 1. The van der Waals surface area contributed by atoms with Crippen molar-refractivity contribution in [1.29, 1.82) is 0 Å². The molecule has 0 spiro atoms. The molecule has 0 aliphatic carbocycles. The highest BCUT2D eigenvalue weighted by Gasteiger charge is 2.33. The third-order valence-electron chi connectivity index (χ3n) is 6.50. The summed E-state index contributed by atoms with van der Waals surface area (Å²) in [5.41, 5.74) is 1.28. The molecular formula is C27H26ClF2N7O3S. The number of carbonyl (C=O) groups is 1.